The van der Waals surface area contributed by atoms with E-state index < -0.39 is 10.0 Å². The molecule has 3 heterocycles. The van der Waals surface area contributed by atoms with Crippen LogP contribution in [0.15, 0.2) is 35.1 Å². The molecule has 1 aromatic carbocycles. The van der Waals surface area contributed by atoms with E-state index in [0.29, 0.717) is 37.5 Å². The zero-order valence-electron chi connectivity index (χ0n) is 16.3. The average molecular weight is 417 g/mol. The van der Waals surface area contributed by atoms with Gasteiger partial charge in [-0.25, -0.2) is 22.4 Å². The van der Waals surface area contributed by atoms with Crippen molar-refractivity contribution in [3.8, 4) is 0 Å². The number of aromatic nitrogens is 5. The number of sulfonamides is 1. The predicted octanol–water partition coefficient (Wildman–Crippen LogP) is 1.48. The molecule has 4 rings (SSSR count). The summed E-state index contributed by atoms with van der Waals surface area (Å²) in [7, 11) is -3.28. The molecule has 3 aromatic rings. The minimum Gasteiger partial charge on any atom is -0.308 e. The van der Waals surface area contributed by atoms with E-state index in [2.05, 4.69) is 20.3 Å². The van der Waals surface area contributed by atoms with E-state index >= 15 is 0 Å². The molecule has 0 amide bonds. The molecule has 0 radical (unpaired) electrons. The fourth-order valence-electron chi connectivity index (χ4n) is 3.74. The average Bonchev–Trinajstić information content (AvgIpc) is 3.12. The number of fused-ring (bicyclic) bond motifs is 1. The summed E-state index contributed by atoms with van der Waals surface area (Å²) < 4.78 is 28.1. The first-order chi connectivity index (χ1) is 14.0. The zero-order chi connectivity index (χ0) is 20.4. The molecular weight excluding hydrogens is 392 g/mol. The van der Waals surface area contributed by atoms with Crippen LogP contribution >= 0.6 is 0 Å². The molecular formula is C19H24N6O3S. The first kappa shape index (κ1) is 19.7. The second-order valence-electron chi connectivity index (χ2n) is 7.37. The van der Waals surface area contributed by atoms with Crippen LogP contribution in [0.5, 0.6) is 0 Å². The van der Waals surface area contributed by atoms with E-state index in [0.717, 1.165) is 18.4 Å². The van der Waals surface area contributed by atoms with Crippen LogP contribution in [0.3, 0.4) is 0 Å². The number of rotatable bonds is 6. The van der Waals surface area contributed by atoms with Crippen LogP contribution in [0.1, 0.15) is 43.5 Å². The van der Waals surface area contributed by atoms with Crippen molar-refractivity contribution in [1.29, 1.82) is 0 Å². The van der Waals surface area contributed by atoms with Crippen LogP contribution in [0.2, 0.25) is 0 Å². The van der Waals surface area contributed by atoms with Crippen LogP contribution in [-0.2, 0) is 16.6 Å². The van der Waals surface area contributed by atoms with Gasteiger partial charge >= 0.3 is 0 Å². The number of piperidine rings is 1. The van der Waals surface area contributed by atoms with Gasteiger partial charge in [0, 0.05) is 19.0 Å². The Bertz CT molecular complexity index is 1160. The fourth-order valence-corrected chi connectivity index (χ4v) is 5.33. The van der Waals surface area contributed by atoms with Gasteiger partial charge in [-0.15, -0.1) is 5.10 Å². The highest BCUT2D eigenvalue weighted by molar-refractivity contribution is 7.89. The lowest BCUT2D eigenvalue weighted by atomic mass is 9.99. The SMILES string of the molecule is CCCS(=O)(=O)N1CCC[C@@H](c2nc3c(nnn3Cc3ccccc3)c(=O)[nH]2)C1. The molecule has 2 aromatic heterocycles. The molecule has 0 saturated carbocycles. The quantitative estimate of drug-likeness (QED) is 0.651. The van der Waals surface area contributed by atoms with Gasteiger partial charge in [-0.3, -0.25) is 4.79 Å². The van der Waals surface area contributed by atoms with Crippen molar-refractivity contribution < 1.29 is 8.42 Å². The molecule has 1 atom stereocenters. The maximum absolute atomic E-state index is 12.5. The Labute approximate surface area is 168 Å². The third kappa shape index (κ3) is 4.08. The Balaban J connectivity index is 1.66. The Hall–Kier alpha value is -2.59. The monoisotopic (exact) mass is 416 g/mol. The summed E-state index contributed by atoms with van der Waals surface area (Å²) in [5.74, 6) is 0.472. The van der Waals surface area contributed by atoms with Crippen molar-refractivity contribution in [2.24, 2.45) is 0 Å². The maximum Gasteiger partial charge on any atom is 0.281 e. The first-order valence-electron chi connectivity index (χ1n) is 9.83. The highest BCUT2D eigenvalue weighted by Crippen LogP contribution is 2.26. The van der Waals surface area contributed by atoms with Crippen molar-refractivity contribution in [2.75, 3.05) is 18.8 Å². The van der Waals surface area contributed by atoms with E-state index in [9.17, 15) is 13.2 Å². The fraction of sp³-hybridized carbons (Fsp3) is 0.474. The first-order valence-corrected chi connectivity index (χ1v) is 11.4. The van der Waals surface area contributed by atoms with E-state index in [1.165, 1.54) is 4.31 Å². The molecule has 1 aliphatic rings. The highest BCUT2D eigenvalue weighted by atomic mass is 32.2. The standard InChI is InChI=1S/C19H24N6O3S/c1-2-11-29(27,28)24-10-6-9-15(13-24)17-20-18-16(19(26)21-17)22-23-25(18)12-14-7-4-3-5-8-14/h3-5,7-8,15H,2,6,9-13H2,1H3,(H,20,21,26)/t15-/m1/s1. The summed E-state index contributed by atoms with van der Waals surface area (Å²) in [5.41, 5.74) is 1.28. The second kappa shape index (κ2) is 8.03. The third-order valence-electron chi connectivity index (χ3n) is 5.19. The molecule has 0 bridgehead atoms. The smallest absolute Gasteiger partial charge is 0.281 e. The number of hydrogen-bond acceptors (Lipinski definition) is 6. The van der Waals surface area contributed by atoms with Crippen LogP contribution in [0.4, 0.5) is 0 Å². The van der Waals surface area contributed by atoms with Crippen molar-refractivity contribution in [3.05, 3.63) is 52.1 Å². The topological polar surface area (TPSA) is 114 Å². The van der Waals surface area contributed by atoms with Crippen molar-refractivity contribution in [3.63, 3.8) is 0 Å². The molecule has 1 aliphatic heterocycles. The number of aromatic amines is 1. The lowest BCUT2D eigenvalue weighted by Gasteiger charge is -2.31. The Morgan fingerprint density at radius 3 is 2.79 bits per heavy atom. The van der Waals surface area contributed by atoms with Crippen LogP contribution in [0.25, 0.3) is 11.2 Å². The van der Waals surface area contributed by atoms with Crippen LogP contribution in [0, 0.1) is 0 Å². The summed E-state index contributed by atoms with van der Waals surface area (Å²) in [5, 5.41) is 8.07. The zero-order valence-corrected chi connectivity index (χ0v) is 17.1. The largest absolute Gasteiger partial charge is 0.308 e. The Morgan fingerprint density at radius 1 is 1.24 bits per heavy atom. The molecule has 1 fully saturated rings. The van der Waals surface area contributed by atoms with E-state index in [-0.39, 0.29) is 22.7 Å². The van der Waals surface area contributed by atoms with E-state index in [4.69, 9.17) is 0 Å². The lowest BCUT2D eigenvalue weighted by Crippen LogP contribution is -2.41. The molecule has 154 valence electrons. The summed E-state index contributed by atoms with van der Waals surface area (Å²) in [4.78, 5) is 20.0. The second-order valence-corrected chi connectivity index (χ2v) is 9.46. The number of benzene rings is 1. The van der Waals surface area contributed by atoms with Gasteiger partial charge in [0.15, 0.2) is 11.2 Å². The summed E-state index contributed by atoms with van der Waals surface area (Å²) in [6.45, 7) is 3.15. The molecule has 0 spiro atoms. The van der Waals surface area contributed by atoms with Crippen LogP contribution in [-0.4, -0.2) is 56.5 Å². The predicted molar refractivity (Wildman–Crippen MR) is 109 cm³/mol. The minimum absolute atomic E-state index is 0.135. The molecule has 9 nitrogen and oxygen atoms in total. The highest BCUT2D eigenvalue weighted by Gasteiger charge is 2.30. The summed E-state index contributed by atoms with van der Waals surface area (Å²) in [6.07, 6.45) is 2.08. The van der Waals surface area contributed by atoms with Gasteiger partial charge in [0.25, 0.3) is 5.56 Å². The summed E-state index contributed by atoms with van der Waals surface area (Å²) >= 11 is 0. The number of hydrogen-bond donors (Lipinski definition) is 1. The maximum atomic E-state index is 12.5. The summed E-state index contributed by atoms with van der Waals surface area (Å²) in [6, 6.07) is 9.75. The van der Waals surface area contributed by atoms with Gasteiger partial charge in [0.2, 0.25) is 10.0 Å². The van der Waals surface area contributed by atoms with Crippen LogP contribution < -0.4 is 5.56 Å². The van der Waals surface area contributed by atoms with E-state index in [1.807, 2.05) is 37.3 Å². The molecule has 0 unspecified atom stereocenters. The Kier molecular flexibility index (Phi) is 5.46. The molecule has 1 N–H and O–H groups in total. The molecule has 10 heteroatoms. The van der Waals surface area contributed by atoms with Gasteiger partial charge < -0.3 is 4.98 Å². The number of nitrogens with one attached hydrogen (secondary N) is 1. The number of nitrogens with zero attached hydrogens (tertiary/aromatic N) is 5. The minimum atomic E-state index is -3.28. The normalized spacial score (nSPS) is 18.3. The molecule has 29 heavy (non-hydrogen) atoms. The molecule has 1 saturated heterocycles. The van der Waals surface area contributed by atoms with Gasteiger partial charge in [-0.05, 0) is 24.8 Å². The third-order valence-corrected chi connectivity index (χ3v) is 7.24. The van der Waals surface area contributed by atoms with Crippen molar-refractivity contribution in [1.82, 2.24) is 29.3 Å². The van der Waals surface area contributed by atoms with E-state index in [1.54, 1.807) is 4.68 Å². The Morgan fingerprint density at radius 2 is 2.03 bits per heavy atom. The van der Waals surface area contributed by atoms with Gasteiger partial charge in [0.1, 0.15) is 5.82 Å². The molecule has 0 aliphatic carbocycles. The van der Waals surface area contributed by atoms with Gasteiger partial charge in [-0.2, -0.15) is 0 Å². The van der Waals surface area contributed by atoms with Crippen molar-refractivity contribution in [2.45, 2.75) is 38.6 Å². The van der Waals surface area contributed by atoms with Gasteiger partial charge in [0.05, 0.1) is 12.3 Å². The van der Waals surface area contributed by atoms with Gasteiger partial charge in [-0.1, -0.05) is 42.5 Å². The number of H-pyrrole nitrogens is 1. The van der Waals surface area contributed by atoms with Crippen molar-refractivity contribution >= 4 is 21.2 Å². The lowest BCUT2D eigenvalue weighted by molar-refractivity contribution is 0.309.